The molecule has 13 nitrogen and oxygen atoms in total. The number of aliphatic hydroxyl groups is 1. The van der Waals surface area contributed by atoms with Crippen LogP contribution in [0.2, 0.25) is 0 Å². The van der Waals surface area contributed by atoms with Gasteiger partial charge in [0.25, 0.3) is 0 Å². The van der Waals surface area contributed by atoms with E-state index in [0.717, 1.165) is 25.7 Å². The number of hydrogen-bond acceptors (Lipinski definition) is 11. The minimum Gasteiger partial charge on any atom is -0.463 e. The van der Waals surface area contributed by atoms with E-state index in [-0.39, 0.29) is 24.4 Å². The van der Waals surface area contributed by atoms with Gasteiger partial charge in [-0.2, -0.15) is 4.39 Å². The van der Waals surface area contributed by atoms with Crippen molar-refractivity contribution in [2.45, 2.75) is 109 Å². The largest absolute Gasteiger partial charge is 0.508 e. The Morgan fingerprint density at radius 2 is 1.63 bits per heavy atom. The quantitative estimate of drug-likeness (QED) is 0.223. The molecule has 1 N–H and O–H groups in total. The van der Waals surface area contributed by atoms with Crippen LogP contribution in [0.3, 0.4) is 0 Å². The first-order chi connectivity index (χ1) is 19.4. The van der Waals surface area contributed by atoms with E-state index in [2.05, 4.69) is 0 Å². The van der Waals surface area contributed by atoms with Gasteiger partial charge in [-0.05, 0) is 26.2 Å². The number of carbonyl (C=O) groups excluding carboxylic acids is 3. The number of carbonyl (C=O) groups is 3. The number of nitrogens with zero attached hydrogens (tertiary/aromatic N) is 2. The molecule has 1 saturated heterocycles. The van der Waals surface area contributed by atoms with Crippen molar-refractivity contribution in [3.63, 3.8) is 0 Å². The van der Waals surface area contributed by atoms with Crippen LogP contribution in [0, 0.1) is 5.82 Å². The normalized spacial score (nSPS) is 21.9. The van der Waals surface area contributed by atoms with Crippen molar-refractivity contribution in [2.24, 2.45) is 0 Å². The topological polar surface area (TPSA) is 162 Å². The lowest BCUT2D eigenvalue weighted by atomic mass is 9.92. The van der Waals surface area contributed by atoms with E-state index in [1.807, 2.05) is 20.8 Å². The van der Waals surface area contributed by atoms with Gasteiger partial charge in [-0.1, -0.05) is 57.6 Å². The molecule has 0 bridgehead atoms. The summed E-state index contributed by atoms with van der Waals surface area (Å²) in [4.78, 5) is 67.8. The molecular weight excluding hydrogens is 547 g/mol. The lowest BCUT2D eigenvalue weighted by molar-refractivity contribution is -0.176. The first-order valence-electron chi connectivity index (χ1n) is 14.1. The molecule has 0 unspecified atom stereocenters. The summed E-state index contributed by atoms with van der Waals surface area (Å²) in [5.74, 6) is -3.48. The Kier molecular flexibility index (Phi) is 13.0. The van der Waals surface area contributed by atoms with E-state index in [9.17, 15) is 33.5 Å². The average molecular weight is 589 g/mol. The van der Waals surface area contributed by atoms with Gasteiger partial charge in [0, 0.05) is 12.8 Å². The van der Waals surface area contributed by atoms with Gasteiger partial charge in [-0.15, -0.1) is 0 Å². The monoisotopic (exact) mass is 588 g/mol. The van der Waals surface area contributed by atoms with Gasteiger partial charge in [0.05, 0.1) is 19.4 Å². The minimum atomic E-state index is -2.45. The van der Waals surface area contributed by atoms with E-state index < -0.39 is 65.6 Å². The number of rotatable bonds is 16. The Labute approximate surface area is 237 Å². The molecule has 1 fully saturated rings. The lowest BCUT2D eigenvalue weighted by Gasteiger charge is -2.27. The van der Waals surface area contributed by atoms with E-state index in [0.29, 0.717) is 36.4 Å². The fraction of sp³-hybridized carbons (Fsp3) is 0.741. The highest BCUT2D eigenvalue weighted by Gasteiger charge is 2.60. The summed E-state index contributed by atoms with van der Waals surface area (Å²) in [6.45, 7) is 6.40. The summed E-state index contributed by atoms with van der Waals surface area (Å²) < 4.78 is 36.3. The Morgan fingerprint density at radius 1 is 1.00 bits per heavy atom. The molecule has 2 heterocycles. The Balaban J connectivity index is 2.37. The standard InChI is InChI=1S/C27H41FN2O11/c1-5-8-11-12-13-21(31)41-30-22(32)19(28)16-29(24(30)34)26(4)18-27(36,23(33)37-14-9-6-2)20(40-26)17-39-25(35)38-15-10-7-3/h16,20,36H,5-15,17-18H2,1-4H3/t20-,26-,27+/m1/s1. The van der Waals surface area contributed by atoms with Crippen LogP contribution in [0.4, 0.5) is 9.18 Å². The van der Waals surface area contributed by atoms with Crippen LogP contribution in [0.5, 0.6) is 0 Å². The summed E-state index contributed by atoms with van der Waals surface area (Å²) in [5.41, 5.74) is -7.21. The molecule has 0 saturated carbocycles. The predicted molar refractivity (Wildman–Crippen MR) is 141 cm³/mol. The molecule has 1 aliphatic rings. The van der Waals surface area contributed by atoms with Crippen LogP contribution < -0.4 is 16.1 Å². The van der Waals surface area contributed by atoms with Crippen molar-refractivity contribution in [1.29, 1.82) is 0 Å². The van der Waals surface area contributed by atoms with Gasteiger partial charge in [0.1, 0.15) is 12.7 Å². The maximum absolute atomic E-state index is 14.7. The van der Waals surface area contributed by atoms with Crippen LogP contribution in [0.25, 0.3) is 0 Å². The third kappa shape index (κ3) is 8.86. The molecule has 0 spiro atoms. The zero-order chi connectivity index (χ0) is 30.6. The second kappa shape index (κ2) is 15.7. The Hall–Kier alpha value is -3.26. The van der Waals surface area contributed by atoms with Crippen molar-refractivity contribution < 1.29 is 47.7 Å². The number of halogens is 1. The van der Waals surface area contributed by atoms with E-state index in [1.165, 1.54) is 6.92 Å². The molecule has 0 aromatic carbocycles. The molecule has 2 rings (SSSR count). The fourth-order valence-electron chi connectivity index (χ4n) is 4.26. The van der Waals surface area contributed by atoms with E-state index in [1.54, 1.807) is 0 Å². The smallest absolute Gasteiger partial charge is 0.463 e. The molecule has 0 aliphatic carbocycles. The third-order valence-electron chi connectivity index (χ3n) is 6.63. The van der Waals surface area contributed by atoms with Crippen molar-refractivity contribution in [2.75, 3.05) is 19.8 Å². The maximum atomic E-state index is 14.7. The number of esters is 1. The summed E-state index contributed by atoms with van der Waals surface area (Å²) >= 11 is 0. The highest BCUT2D eigenvalue weighted by atomic mass is 19.1. The van der Waals surface area contributed by atoms with Crippen LogP contribution in [0.15, 0.2) is 15.8 Å². The molecule has 232 valence electrons. The number of aromatic nitrogens is 2. The summed E-state index contributed by atoms with van der Waals surface area (Å²) in [6.07, 6.45) is 2.65. The highest BCUT2D eigenvalue weighted by molar-refractivity contribution is 5.81. The number of unbranched alkanes of at least 4 members (excludes halogenated alkanes) is 5. The van der Waals surface area contributed by atoms with Gasteiger partial charge >= 0.3 is 29.3 Å². The molecule has 3 atom stereocenters. The van der Waals surface area contributed by atoms with E-state index in [4.69, 9.17) is 23.8 Å². The van der Waals surface area contributed by atoms with Gasteiger partial charge in [-0.3, -0.25) is 9.36 Å². The zero-order valence-electron chi connectivity index (χ0n) is 24.1. The molecule has 1 aromatic heterocycles. The fourth-order valence-corrected chi connectivity index (χ4v) is 4.26. The first-order valence-corrected chi connectivity index (χ1v) is 14.1. The molecule has 0 amide bonds. The Bertz CT molecular complexity index is 1170. The average Bonchev–Trinajstić information content (AvgIpc) is 3.21. The van der Waals surface area contributed by atoms with Crippen LogP contribution in [0.1, 0.15) is 91.9 Å². The van der Waals surface area contributed by atoms with Crippen LogP contribution in [-0.4, -0.2) is 64.0 Å². The van der Waals surface area contributed by atoms with Gasteiger partial charge in [0.15, 0.2) is 11.3 Å². The van der Waals surface area contributed by atoms with Crippen molar-refractivity contribution in [1.82, 2.24) is 9.30 Å². The predicted octanol–water partition coefficient (Wildman–Crippen LogP) is 2.56. The first kappa shape index (κ1) is 33.9. The Morgan fingerprint density at radius 3 is 2.27 bits per heavy atom. The molecule has 41 heavy (non-hydrogen) atoms. The van der Waals surface area contributed by atoms with Gasteiger partial charge in [0.2, 0.25) is 5.82 Å². The minimum absolute atomic E-state index is 0.0192. The molecule has 1 aliphatic heterocycles. The molecule has 14 heteroatoms. The molecule has 1 aromatic rings. The van der Waals surface area contributed by atoms with Crippen molar-refractivity contribution >= 4 is 18.1 Å². The summed E-state index contributed by atoms with van der Waals surface area (Å²) in [6, 6.07) is 0. The molecule has 0 radical (unpaired) electrons. The van der Waals surface area contributed by atoms with Crippen LogP contribution >= 0.6 is 0 Å². The highest BCUT2D eigenvalue weighted by Crippen LogP contribution is 2.42. The third-order valence-corrected chi connectivity index (χ3v) is 6.63. The molecular formula is C27H41FN2O11. The second-order valence-corrected chi connectivity index (χ2v) is 10.1. The van der Waals surface area contributed by atoms with Gasteiger partial charge < -0.3 is 28.9 Å². The lowest BCUT2D eigenvalue weighted by Crippen LogP contribution is -2.52. The number of hydrogen-bond donors (Lipinski definition) is 1. The van der Waals surface area contributed by atoms with Crippen LogP contribution in [-0.2, 0) is 34.3 Å². The maximum Gasteiger partial charge on any atom is 0.508 e. The second-order valence-electron chi connectivity index (χ2n) is 10.1. The van der Waals surface area contributed by atoms with Crippen molar-refractivity contribution in [3.05, 3.63) is 32.9 Å². The summed E-state index contributed by atoms with van der Waals surface area (Å²) in [5, 5.41) is 11.4. The van der Waals surface area contributed by atoms with Crippen molar-refractivity contribution in [3.8, 4) is 0 Å². The number of ether oxygens (including phenoxy) is 4. The summed E-state index contributed by atoms with van der Waals surface area (Å²) in [7, 11) is 0. The zero-order valence-corrected chi connectivity index (χ0v) is 24.1. The SMILES string of the molecule is CCCCCCC(=O)On1c(=O)c(F)cn([C@@]2(C)C[C@@](O)(C(=O)OCCCC)[C@@H](COC(=O)OCCCC)O2)c1=O. The van der Waals surface area contributed by atoms with E-state index >= 15 is 0 Å². The van der Waals surface area contributed by atoms with Gasteiger partial charge in [-0.25, -0.2) is 19.2 Å².